The van der Waals surface area contributed by atoms with Crippen LogP contribution in [0.15, 0.2) is 36.4 Å². The molecule has 0 aliphatic heterocycles. The van der Waals surface area contributed by atoms with E-state index in [2.05, 4.69) is 50.2 Å². The molecule has 0 radical (unpaired) electrons. The van der Waals surface area contributed by atoms with Crippen molar-refractivity contribution < 1.29 is 4.74 Å². The Kier molecular flexibility index (Phi) is 14.9. The van der Waals surface area contributed by atoms with Gasteiger partial charge >= 0.3 is 0 Å². The third-order valence-electron chi connectivity index (χ3n) is 8.34. The first kappa shape index (κ1) is 29.8. The fraction of sp³-hybridized carbons (Fsp3) is 0.667. The largest absolute Gasteiger partial charge is 0.493 e. The maximum Gasteiger partial charge on any atom is 0.126 e. The summed E-state index contributed by atoms with van der Waals surface area (Å²) in [5.74, 6) is 1.24. The Morgan fingerprint density at radius 1 is 0.541 bits per heavy atom. The zero-order chi connectivity index (χ0) is 26.0. The summed E-state index contributed by atoms with van der Waals surface area (Å²) in [6.07, 6.45) is 28.1. The molecule has 0 bridgehead atoms. The molecule has 2 aromatic carbocycles. The molecule has 1 nitrogen and oxygen atoms in total. The average molecular weight is 505 g/mol. The maximum absolute atomic E-state index is 6.64. The summed E-state index contributed by atoms with van der Waals surface area (Å²) < 4.78 is 6.64. The molecule has 0 N–H and O–H groups in total. The van der Waals surface area contributed by atoms with E-state index in [1.165, 1.54) is 149 Å². The first-order valence-corrected chi connectivity index (χ1v) is 16.2. The highest BCUT2D eigenvalue weighted by Crippen LogP contribution is 2.40. The Bertz CT molecular complexity index is 867. The molecule has 0 aromatic heterocycles. The lowest BCUT2D eigenvalue weighted by atomic mass is 9.83. The van der Waals surface area contributed by atoms with Crippen molar-refractivity contribution in [2.45, 2.75) is 149 Å². The molecule has 0 saturated carbocycles. The quantitative estimate of drug-likeness (QED) is 0.154. The van der Waals surface area contributed by atoms with Crippen LogP contribution in [0.4, 0.5) is 0 Å². The lowest BCUT2D eigenvalue weighted by Crippen LogP contribution is -2.10. The minimum absolute atomic E-state index is 0.873. The highest BCUT2D eigenvalue weighted by molar-refractivity contribution is 5.76. The Balaban J connectivity index is 1.50. The zero-order valence-corrected chi connectivity index (χ0v) is 24.4. The van der Waals surface area contributed by atoms with Crippen molar-refractivity contribution in [3.05, 3.63) is 53.1 Å². The van der Waals surface area contributed by atoms with Crippen molar-refractivity contribution >= 4 is 0 Å². The van der Waals surface area contributed by atoms with Gasteiger partial charge in [-0.25, -0.2) is 0 Å². The van der Waals surface area contributed by atoms with E-state index in [0.717, 1.165) is 25.9 Å². The molecule has 0 heterocycles. The van der Waals surface area contributed by atoms with Crippen molar-refractivity contribution in [1.29, 1.82) is 0 Å². The predicted molar refractivity (Wildman–Crippen MR) is 163 cm³/mol. The van der Waals surface area contributed by atoms with Crippen LogP contribution in [0.5, 0.6) is 5.75 Å². The van der Waals surface area contributed by atoms with Crippen LogP contribution in [0.2, 0.25) is 0 Å². The molecule has 1 heteroatoms. The maximum atomic E-state index is 6.64. The lowest BCUT2D eigenvalue weighted by molar-refractivity contribution is 0.298. The van der Waals surface area contributed by atoms with Gasteiger partial charge in [-0.1, -0.05) is 153 Å². The standard InChI is InChI=1S/C36H56O/c1-3-5-7-9-11-13-14-15-17-19-24-32-27-28-34-33-25-21-20-23-31(33)26-29-35(34)36(32)37-30-22-18-16-12-10-8-6-4-2/h20-21,23,25,27-28H,3-19,22,24,26,29-30H2,1-2H3. The molecule has 1 aliphatic rings. The van der Waals surface area contributed by atoms with Crippen molar-refractivity contribution in [3.8, 4) is 16.9 Å². The van der Waals surface area contributed by atoms with Crippen LogP contribution in [0.25, 0.3) is 11.1 Å². The number of fused-ring (bicyclic) bond motifs is 3. The first-order valence-electron chi connectivity index (χ1n) is 16.2. The van der Waals surface area contributed by atoms with Gasteiger partial charge in [-0.15, -0.1) is 0 Å². The van der Waals surface area contributed by atoms with Crippen molar-refractivity contribution in [2.75, 3.05) is 6.61 Å². The van der Waals surface area contributed by atoms with Crippen LogP contribution in [-0.2, 0) is 19.3 Å². The molecule has 0 atom stereocenters. The van der Waals surface area contributed by atoms with E-state index >= 15 is 0 Å². The van der Waals surface area contributed by atoms with Crippen molar-refractivity contribution in [3.63, 3.8) is 0 Å². The molecule has 0 amide bonds. The minimum atomic E-state index is 0.873. The number of hydrogen-bond donors (Lipinski definition) is 0. The Hall–Kier alpha value is -1.76. The second kappa shape index (κ2) is 18.5. The third kappa shape index (κ3) is 10.5. The summed E-state index contributed by atoms with van der Waals surface area (Å²) in [6.45, 7) is 5.47. The number of unbranched alkanes of at least 4 members (excludes halogenated alkanes) is 16. The van der Waals surface area contributed by atoms with Crippen LogP contribution < -0.4 is 4.74 Å². The Morgan fingerprint density at radius 3 is 1.76 bits per heavy atom. The molecule has 206 valence electrons. The van der Waals surface area contributed by atoms with E-state index in [4.69, 9.17) is 4.74 Å². The smallest absolute Gasteiger partial charge is 0.126 e. The van der Waals surface area contributed by atoms with Gasteiger partial charge in [-0.05, 0) is 54.4 Å². The third-order valence-corrected chi connectivity index (χ3v) is 8.34. The fourth-order valence-corrected chi connectivity index (χ4v) is 6.03. The minimum Gasteiger partial charge on any atom is -0.493 e. The Labute approximate surface area is 229 Å². The first-order chi connectivity index (χ1) is 18.3. The monoisotopic (exact) mass is 504 g/mol. The number of rotatable bonds is 21. The summed E-state index contributed by atoms with van der Waals surface area (Å²) >= 11 is 0. The van der Waals surface area contributed by atoms with Crippen LogP contribution >= 0.6 is 0 Å². The van der Waals surface area contributed by atoms with Gasteiger partial charge in [-0.2, -0.15) is 0 Å². The number of hydrogen-bond acceptors (Lipinski definition) is 1. The van der Waals surface area contributed by atoms with E-state index in [0.29, 0.717) is 0 Å². The van der Waals surface area contributed by atoms with Crippen LogP contribution in [0.3, 0.4) is 0 Å². The molecule has 0 spiro atoms. The molecule has 0 fully saturated rings. The van der Waals surface area contributed by atoms with E-state index in [-0.39, 0.29) is 0 Å². The second-order valence-corrected chi connectivity index (χ2v) is 11.5. The van der Waals surface area contributed by atoms with Crippen LogP contribution in [0, 0.1) is 0 Å². The zero-order valence-electron chi connectivity index (χ0n) is 24.4. The van der Waals surface area contributed by atoms with Gasteiger partial charge in [0.25, 0.3) is 0 Å². The van der Waals surface area contributed by atoms with E-state index in [1.54, 1.807) is 0 Å². The highest BCUT2D eigenvalue weighted by Gasteiger charge is 2.21. The van der Waals surface area contributed by atoms with Gasteiger partial charge in [0.1, 0.15) is 5.75 Å². The van der Waals surface area contributed by atoms with Crippen LogP contribution in [-0.4, -0.2) is 6.61 Å². The lowest BCUT2D eigenvalue weighted by Gasteiger charge is -2.25. The van der Waals surface area contributed by atoms with E-state index in [9.17, 15) is 0 Å². The van der Waals surface area contributed by atoms with E-state index in [1.807, 2.05) is 0 Å². The van der Waals surface area contributed by atoms with Crippen LogP contribution in [0.1, 0.15) is 146 Å². The molecule has 3 rings (SSSR count). The van der Waals surface area contributed by atoms with Gasteiger partial charge in [-0.3, -0.25) is 0 Å². The van der Waals surface area contributed by atoms with Crippen molar-refractivity contribution in [1.82, 2.24) is 0 Å². The molecule has 1 aliphatic carbocycles. The fourth-order valence-electron chi connectivity index (χ4n) is 6.03. The summed E-state index contributed by atoms with van der Waals surface area (Å²) in [6, 6.07) is 13.8. The second-order valence-electron chi connectivity index (χ2n) is 11.5. The summed E-state index contributed by atoms with van der Waals surface area (Å²) in [4.78, 5) is 0. The van der Waals surface area contributed by atoms with Gasteiger partial charge in [0.2, 0.25) is 0 Å². The number of ether oxygens (including phenoxy) is 1. The predicted octanol–water partition coefficient (Wildman–Crippen LogP) is 11.4. The Morgan fingerprint density at radius 2 is 1.11 bits per heavy atom. The molecular formula is C36H56O. The average Bonchev–Trinajstić information content (AvgIpc) is 2.93. The SMILES string of the molecule is CCCCCCCCCCCCc1ccc2c(c1OCCCCCCCCCC)CCc1ccccc1-2. The van der Waals surface area contributed by atoms with Gasteiger partial charge < -0.3 is 4.74 Å². The van der Waals surface area contributed by atoms with Gasteiger partial charge in [0.15, 0.2) is 0 Å². The summed E-state index contributed by atoms with van der Waals surface area (Å²) in [5, 5.41) is 0. The number of aryl methyl sites for hydroxylation is 2. The van der Waals surface area contributed by atoms with Gasteiger partial charge in [0, 0.05) is 5.56 Å². The molecule has 0 saturated heterocycles. The summed E-state index contributed by atoms with van der Waals surface area (Å²) in [7, 11) is 0. The van der Waals surface area contributed by atoms with Gasteiger partial charge in [0.05, 0.1) is 6.61 Å². The molecule has 37 heavy (non-hydrogen) atoms. The molecular weight excluding hydrogens is 448 g/mol. The normalized spacial score (nSPS) is 12.4. The molecule has 0 unspecified atom stereocenters. The highest BCUT2D eigenvalue weighted by atomic mass is 16.5. The summed E-state index contributed by atoms with van der Waals surface area (Å²) in [5.41, 5.74) is 7.26. The van der Waals surface area contributed by atoms with E-state index < -0.39 is 0 Å². The topological polar surface area (TPSA) is 9.23 Å². The molecule has 2 aromatic rings. The van der Waals surface area contributed by atoms with Crippen molar-refractivity contribution in [2.24, 2.45) is 0 Å². The number of benzene rings is 2.